The van der Waals surface area contributed by atoms with Crippen molar-refractivity contribution in [3.05, 3.63) is 0 Å². The molecule has 0 heterocycles. The third-order valence-electron chi connectivity index (χ3n) is 5.78. The van der Waals surface area contributed by atoms with E-state index >= 15 is 0 Å². The highest BCUT2D eigenvalue weighted by Crippen LogP contribution is 2.53. The van der Waals surface area contributed by atoms with Gasteiger partial charge in [0, 0.05) is 0 Å². The molecule has 3 rings (SSSR count). The molecule has 3 aliphatic rings. The van der Waals surface area contributed by atoms with Crippen molar-refractivity contribution in [2.24, 2.45) is 17.8 Å². The molecule has 0 unspecified atom stereocenters. The van der Waals surface area contributed by atoms with Crippen molar-refractivity contribution in [1.29, 1.82) is 0 Å². The van der Waals surface area contributed by atoms with Crippen molar-refractivity contribution in [2.45, 2.75) is 76.2 Å². The van der Waals surface area contributed by atoms with E-state index in [1.54, 1.807) is 0 Å². The SMILES string of the molecule is OC1(C2CCCCC2)C2CCCC1CCC2. The predicted octanol–water partition coefficient (Wildman–Crippen LogP) is 3.90. The zero-order valence-corrected chi connectivity index (χ0v) is 10.5. The lowest BCUT2D eigenvalue weighted by Crippen LogP contribution is -2.56. The second-order valence-electron chi connectivity index (χ2n) is 6.48. The smallest absolute Gasteiger partial charge is 0.0731 e. The van der Waals surface area contributed by atoms with E-state index in [0.717, 1.165) is 0 Å². The predicted molar refractivity (Wildman–Crippen MR) is 66.2 cm³/mol. The van der Waals surface area contributed by atoms with Crippen molar-refractivity contribution in [3.8, 4) is 0 Å². The largest absolute Gasteiger partial charge is 0.389 e. The van der Waals surface area contributed by atoms with Gasteiger partial charge in [-0.3, -0.25) is 0 Å². The van der Waals surface area contributed by atoms with Crippen LogP contribution in [0.2, 0.25) is 0 Å². The Morgan fingerprint density at radius 2 is 0.938 bits per heavy atom. The Balaban J connectivity index is 1.82. The van der Waals surface area contributed by atoms with Crippen LogP contribution < -0.4 is 0 Å². The van der Waals surface area contributed by atoms with Gasteiger partial charge < -0.3 is 5.11 Å². The lowest BCUT2D eigenvalue weighted by molar-refractivity contribution is -0.164. The molecule has 0 saturated heterocycles. The number of aliphatic hydroxyl groups is 1. The Hall–Kier alpha value is -0.0400. The molecule has 1 N–H and O–H groups in total. The molecule has 3 saturated carbocycles. The molecular formula is C15H26O. The summed E-state index contributed by atoms with van der Waals surface area (Å²) in [7, 11) is 0. The van der Waals surface area contributed by atoms with Gasteiger partial charge in [-0.15, -0.1) is 0 Å². The highest BCUT2D eigenvalue weighted by Gasteiger charge is 2.52. The molecule has 1 heteroatoms. The van der Waals surface area contributed by atoms with Crippen molar-refractivity contribution in [1.82, 2.24) is 0 Å². The Bertz CT molecular complexity index is 220. The zero-order valence-electron chi connectivity index (χ0n) is 10.5. The highest BCUT2D eigenvalue weighted by atomic mass is 16.3. The average Bonchev–Trinajstić information content (AvgIpc) is 2.29. The van der Waals surface area contributed by atoms with Crippen molar-refractivity contribution < 1.29 is 5.11 Å². The first-order chi connectivity index (χ1) is 7.82. The summed E-state index contributed by atoms with van der Waals surface area (Å²) in [6, 6.07) is 0. The molecule has 3 aliphatic carbocycles. The molecule has 0 aromatic heterocycles. The van der Waals surface area contributed by atoms with Gasteiger partial charge in [-0.2, -0.15) is 0 Å². The monoisotopic (exact) mass is 222 g/mol. The minimum Gasteiger partial charge on any atom is -0.389 e. The van der Waals surface area contributed by atoms with Gasteiger partial charge in [0.25, 0.3) is 0 Å². The molecular weight excluding hydrogens is 196 g/mol. The van der Waals surface area contributed by atoms with Gasteiger partial charge in [-0.05, 0) is 56.3 Å². The summed E-state index contributed by atoms with van der Waals surface area (Å²) in [5.74, 6) is 1.96. The van der Waals surface area contributed by atoms with Gasteiger partial charge >= 0.3 is 0 Å². The maximum Gasteiger partial charge on any atom is 0.0731 e. The molecule has 0 radical (unpaired) electrons. The Morgan fingerprint density at radius 1 is 0.562 bits per heavy atom. The maximum absolute atomic E-state index is 11.3. The van der Waals surface area contributed by atoms with E-state index < -0.39 is 0 Å². The summed E-state index contributed by atoms with van der Waals surface area (Å²) < 4.78 is 0. The summed E-state index contributed by atoms with van der Waals surface area (Å²) in [5.41, 5.74) is -0.239. The first kappa shape index (κ1) is 11.1. The van der Waals surface area contributed by atoms with Gasteiger partial charge in [0.1, 0.15) is 0 Å². The molecule has 0 amide bonds. The van der Waals surface area contributed by atoms with Gasteiger partial charge in [-0.25, -0.2) is 0 Å². The number of hydrogen-bond donors (Lipinski definition) is 1. The molecule has 0 aliphatic heterocycles. The van der Waals surface area contributed by atoms with Crippen LogP contribution in [0.5, 0.6) is 0 Å². The second-order valence-corrected chi connectivity index (χ2v) is 6.48. The average molecular weight is 222 g/mol. The van der Waals surface area contributed by atoms with Gasteiger partial charge in [-0.1, -0.05) is 32.1 Å². The van der Waals surface area contributed by atoms with Crippen LogP contribution in [-0.2, 0) is 0 Å². The van der Waals surface area contributed by atoms with Gasteiger partial charge in [0.15, 0.2) is 0 Å². The van der Waals surface area contributed by atoms with Crippen molar-refractivity contribution >= 4 is 0 Å². The van der Waals surface area contributed by atoms with Crippen LogP contribution >= 0.6 is 0 Å². The topological polar surface area (TPSA) is 20.2 Å². The minimum atomic E-state index is -0.239. The fraction of sp³-hybridized carbons (Fsp3) is 1.00. The zero-order chi connectivity index (χ0) is 11.0. The Morgan fingerprint density at radius 3 is 1.38 bits per heavy atom. The third kappa shape index (κ3) is 1.63. The van der Waals surface area contributed by atoms with Crippen molar-refractivity contribution in [3.63, 3.8) is 0 Å². The van der Waals surface area contributed by atoms with E-state index in [1.165, 1.54) is 70.6 Å². The standard InChI is InChI=1S/C15H26O/c16-15(12-6-2-1-3-7-12)13-8-4-9-14(15)11-5-10-13/h12-14,16H,1-11H2. The molecule has 3 fully saturated rings. The molecule has 0 atom stereocenters. The summed E-state index contributed by atoms with van der Waals surface area (Å²) >= 11 is 0. The number of rotatable bonds is 1. The van der Waals surface area contributed by atoms with Crippen LogP contribution in [0.25, 0.3) is 0 Å². The molecule has 0 aromatic carbocycles. The van der Waals surface area contributed by atoms with E-state index in [4.69, 9.17) is 0 Å². The van der Waals surface area contributed by atoms with Crippen LogP contribution in [0.4, 0.5) is 0 Å². The first-order valence-corrected chi connectivity index (χ1v) is 7.54. The fourth-order valence-electron chi connectivity index (χ4n) is 5.00. The van der Waals surface area contributed by atoms with E-state index in [2.05, 4.69) is 0 Å². The van der Waals surface area contributed by atoms with E-state index in [1.807, 2.05) is 0 Å². The fourth-order valence-corrected chi connectivity index (χ4v) is 5.00. The summed E-state index contributed by atoms with van der Waals surface area (Å²) in [4.78, 5) is 0. The Labute approximate surface area is 99.6 Å². The molecule has 1 nitrogen and oxygen atoms in total. The van der Waals surface area contributed by atoms with Crippen LogP contribution in [0.15, 0.2) is 0 Å². The van der Waals surface area contributed by atoms with E-state index in [-0.39, 0.29) is 5.60 Å². The lowest BCUT2D eigenvalue weighted by atomic mass is 9.55. The summed E-state index contributed by atoms with van der Waals surface area (Å²) in [6.07, 6.45) is 14.8. The lowest BCUT2D eigenvalue weighted by Gasteiger charge is -2.54. The molecule has 2 bridgehead atoms. The first-order valence-electron chi connectivity index (χ1n) is 7.54. The Kier molecular flexibility index (Phi) is 2.99. The van der Waals surface area contributed by atoms with Crippen LogP contribution in [0, 0.1) is 17.8 Å². The van der Waals surface area contributed by atoms with E-state index in [0.29, 0.717) is 17.8 Å². The number of fused-ring (bicyclic) bond motifs is 2. The van der Waals surface area contributed by atoms with Crippen LogP contribution in [0.3, 0.4) is 0 Å². The van der Waals surface area contributed by atoms with Gasteiger partial charge in [0.2, 0.25) is 0 Å². The maximum atomic E-state index is 11.3. The second kappa shape index (κ2) is 4.33. The molecule has 92 valence electrons. The van der Waals surface area contributed by atoms with Crippen LogP contribution in [0.1, 0.15) is 70.6 Å². The highest BCUT2D eigenvalue weighted by molar-refractivity contribution is 5.03. The van der Waals surface area contributed by atoms with E-state index in [9.17, 15) is 5.11 Å². The third-order valence-corrected chi connectivity index (χ3v) is 5.78. The summed E-state index contributed by atoms with van der Waals surface area (Å²) in [5, 5.41) is 11.3. The quantitative estimate of drug-likeness (QED) is 0.713. The van der Waals surface area contributed by atoms with Crippen molar-refractivity contribution in [2.75, 3.05) is 0 Å². The normalized spacial score (nSPS) is 45.6. The van der Waals surface area contributed by atoms with Crippen LogP contribution in [-0.4, -0.2) is 10.7 Å². The molecule has 16 heavy (non-hydrogen) atoms. The minimum absolute atomic E-state index is 0.239. The van der Waals surface area contributed by atoms with Gasteiger partial charge in [0.05, 0.1) is 5.60 Å². The molecule has 0 aromatic rings. The summed E-state index contributed by atoms with van der Waals surface area (Å²) in [6.45, 7) is 0. The molecule has 0 spiro atoms. The number of hydrogen-bond acceptors (Lipinski definition) is 1.